The van der Waals surface area contributed by atoms with Crippen LogP contribution in [-0.4, -0.2) is 38.9 Å². The van der Waals surface area contributed by atoms with E-state index in [-0.39, 0.29) is 23.8 Å². The lowest BCUT2D eigenvalue weighted by Gasteiger charge is -2.33. The van der Waals surface area contributed by atoms with Crippen LogP contribution in [0.1, 0.15) is 47.4 Å². The number of amides is 1. The zero-order chi connectivity index (χ0) is 26.7. The molecule has 3 aromatic carbocycles. The van der Waals surface area contributed by atoms with Gasteiger partial charge in [-0.05, 0) is 104 Å². The number of hydrogen-bond acceptors (Lipinski definition) is 3. The second-order valence-electron chi connectivity index (χ2n) is 9.79. The monoisotopic (exact) mass is 646 g/mol. The Balaban J connectivity index is 1.48. The Bertz CT molecular complexity index is 1360. The molecule has 0 radical (unpaired) electrons. The highest BCUT2D eigenvalue weighted by molar-refractivity contribution is 9.10. The first-order valence-electron chi connectivity index (χ1n) is 12.4. The fourth-order valence-electron chi connectivity index (χ4n) is 4.96. The zero-order valence-electron chi connectivity index (χ0n) is 21.4. The van der Waals surface area contributed by atoms with Crippen LogP contribution in [0.15, 0.2) is 74.5 Å². The van der Waals surface area contributed by atoms with Crippen molar-refractivity contribution in [2.24, 2.45) is 0 Å². The third-order valence-electron chi connectivity index (χ3n) is 6.93. The van der Waals surface area contributed by atoms with Gasteiger partial charge in [0, 0.05) is 35.0 Å². The third kappa shape index (κ3) is 6.65. The van der Waals surface area contributed by atoms with Crippen LogP contribution in [0.25, 0.3) is 0 Å². The number of carbonyl (C=O) groups excluding carboxylic acids is 1. The molecule has 1 aliphatic rings. The predicted molar refractivity (Wildman–Crippen MR) is 157 cm³/mol. The number of aryl methyl sites for hydroxylation is 3. The van der Waals surface area contributed by atoms with Gasteiger partial charge in [-0.25, -0.2) is 8.42 Å². The molecule has 1 saturated heterocycles. The highest BCUT2D eigenvalue weighted by atomic mass is 79.9. The Morgan fingerprint density at radius 2 is 1.54 bits per heavy atom. The number of rotatable bonds is 7. The van der Waals surface area contributed by atoms with Crippen LogP contribution in [0.4, 0.5) is 5.69 Å². The molecule has 0 saturated carbocycles. The molecule has 4 rings (SSSR count). The molecule has 0 aliphatic carbocycles. The zero-order valence-corrected chi connectivity index (χ0v) is 25.4. The van der Waals surface area contributed by atoms with Gasteiger partial charge in [0.15, 0.2) is 0 Å². The van der Waals surface area contributed by atoms with Crippen LogP contribution in [0, 0.1) is 20.8 Å². The van der Waals surface area contributed by atoms with Crippen molar-refractivity contribution in [2.45, 2.75) is 50.8 Å². The molecular formula is C29H32Br2N2O3S. The Morgan fingerprint density at radius 1 is 0.919 bits per heavy atom. The summed E-state index contributed by atoms with van der Waals surface area (Å²) < 4.78 is 30.7. The molecule has 0 bridgehead atoms. The maximum absolute atomic E-state index is 13.7. The van der Waals surface area contributed by atoms with E-state index < -0.39 is 10.0 Å². The van der Waals surface area contributed by atoms with Crippen molar-refractivity contribution in [3.8, 4) is 0 Å². The number of likely N-dealkylation sites (tertiary alicyclic amines) is 1. The van der Waals surface area contributed by atoms with Gasteiger partial charge in [0.2, 0.25) is 5.91 Å². The molecule has 1 amide bonds. The molecule has 1 fully saturated rings. The average molecular weight is 648 g/mol. The minimum atomic E-state index is -3.85. The number of nitrogens with zero attached hydrogens (tertiary/aromatic N) is 2. The van der Waals surface area contributed by atoms with E-state index in [9.17, 15) is 13.2 Å². The van der Waals surface area contributed by atoms with Gasteiger partial charge in [-0.1, -0.05) is 50.1 Å². The Morgan fingerprint density at radius 3 is 2.14 bits per heavy atom. The largest absolute Gasteiger partial charge is 0.343 e. The number of sulfonamides is 1. The molecule has 196 valence electrons. The van der Waals surface area contributed by atoms with Crippen molar-refractivity contribution >= 4 is 53.5 Å². The molecule has 0 spiro atoms. The Labute approximate surface area is 237 Å². The lowest BCUT2D eigenvalue weighted by atomic mass is 9.88. The van der Waals surface area contributed by atoms with Crippen molar-refractivity contribution in [3.63, 3.8) is 0 Å². The van der Waals surface area contributed by atoms with Crippen molar-refractivity contribution in [1.82, 2.24) is 4.90 Å². The van der Waals surface area contributed by atoms with Crippen LogP contribution in [-0.2, 0) is 14.8 Å². The van der Waals surface area contributed by atoms with E-state index in [4.69, 9.17) is 0 Å². The topological polar surface area (TPSA) is 57.7 Å². The van der Waals surface area contributed by atoms with E-state index in [1.807, 2.05) is 36.9 Å². The molecule has 3 aromatic rings. The Hall–Kier alpha value is -2.16. The lowest BCUT2D eigenvalue weighted by Crippen LogP contribution is -2.40. The van der Waals surface area contributed by atoms with Gasteiger partial charge < -0.3 is 4.90 Å². The van der Waals surface area contributed by atoms with Crippen LogP contribution in [0.5, 0.6) is 0 Å². The number of carbonyl (C=O) groups is 1. The number of hydrogen-bond donors (Lipinski definition) is 0. The van der Waals surface area contributed by atoms with E-state index in [0.29, 0.717) is 24.7 Å². The summed E-state index contributed by atoms with van der Waals surface area (Å²) in [5.74, 6) is 0.422. The predicted octanol–water partition coefficient (Wildman–Crippen LogP) is 7.13. The SMILES string of the molecule is Cc1cc(C)cc(N(CCC(=O)N2CCC(c3ccc(Br)c(C)c3)CC2)S(=O)(=O)c2ccc(Br)cc2)c1. The van der Waals surface area contributed by atoms with Crippen LogP contribution in [0.3, 0.4) is 0 Å². The second-order valence-corrected chi connectivity index (χ2v) is 13.4. The molecule has 37 heavy (non-hydrogen) atoms. The fourth-order valence-corrected chi connectivity index (χ4v) is 6.92. The normalized spacial score (nSPS) is 14.6. The standard InChI is InChI=1S/C29H32Br2N2O3S/c1-20-16-21(2)18-26(17-20)33(37(35,36)27-7-5-25(30)6-8-27)15-12-29(34)32-13-10-23(11-14-32)24-4-9-28(31)22(3)19-24/h4-9,16-19,23H,10-15H2,1-3H3. The molecule has 0 atom stereocenters. The van der Waals surface area contributed by atoms with Crippen molar-refractivity contribution < 1.29 is 13.2 Å². The van der Waals surface area contributed by atoms with Crippen molar-refractivity contribution in [3.05, 3.63) is 91.9 Å². The van der Waals surface area contributed by atoms with E-state index in [0.717, 1.165) is 32.9 Å². The van der Waals surface area contributed by atoms with Gasteiger partial charge in [-0.2, -0.15) is 0 Å². The van der Waals surface area contributed by atoms with Gasteiger partial charge in [-0.15, -0.1) is 0 Å². The van der Waals surface area contributed by atoms with Crippen LogP contribution < -0.4 is 4.31 Å². The minimum absolute atomic E-state index is 0.00850. The van der Waals surface area contributed by atoms with Crippen molar-refractivity contribution in [1.29, 1.82) is 0 Å². The Kier molecular flexibility index (Phi) is 8.81. The number of piperidine rings is 1. The summed E-state index contributed by atoms with van der Waals surface area (Å²) in [6.45, 7) is 7.44. The molecule has 5 nitrogen and oxygen atoms in total. The molecule has 1 aliphatic heterocycles. The first kappa shape index (κ1) is 27.9. The van der Waals surface area contributed by atoms with Crippen molar-refractivity contribution in [2.75, 3.05) is 23.9 Å². The maximum Gasteiger partial charge on any atom is 0.264 e. The molecule has 0 unspecified atom stereocenters. The number of benzene rings is 3. The van der Waals surface area contributed by atoms with E-state index >= 15 is 0 Å². The van der Waals surface area contributed by atoms with Crippen LogP contribution >= 0.6 is 31.9 Å². The number of anilines is 1. The molecule has 8 heteroatoms. The third-order valence-corrected chi connectivity index (χ3v) is 10.2. The summed E-state index contributed by atoms with van der Waals surface area (Å²) in [5.41, 5.74) is 5.06. The number of halogens is 2. The van der Waals surface area contributed by atoms with E-state index in [1.54, 1.807) is 24.3 Å². The first-order valence-corrected chi connectivity index (χ1v) is 15.5. The van der Waals surface area contributed by atoms with Gasteiger partial charge in [0.1, 0.15) is 0 Å². The van der Waals surface area contributed by atoms with Crippen LogP contribution in [0.2, 0.25) is 0 Å². The molecule has 1 heterocycles. The van der Waals surface area contributed by atoms with Gasteiger partial charge in [0.25, 0.3) is 10.0 Å². The van der Waals surface area contributed by atoms with Gasteiger partial charge in [0.05, 0.1) is 10.6 Å². The van der Waals surface area contributed by atoms with E-state index in [1.165, 1.54) is 15.4 Å². The summed E-state index contributed by atoms with van der Waals surface area (Å²) in [5, 5.41) is 0. The summed E-state index contributed by atoms with van der Waals surface area (Å²) in [4.78, 5) is 15.3. The quantitative estimate of drug-likeness (QED) is 0.274. The molecular weight excluding hydrogens is 616 g/mol. The summed E-state index contributed by atoms with van der Waals surface area (Å²) >= 11 is 6.94. The minimum Gasteiger partial charge on any atom is -0.343 e. The first-order chi connectivity index (χ1) is 17.5. The molecule has 0 N–H and O–H groups in total. The van der Waals surface area contributed by atoms with Gasteiger partial charge >= 0.3 is 0 Å². The summed E-state index contributed by atoms with van der Waals surface area (Å²) in [7, 11) is -3.85. The fraction of sp³-hybridized carbons (Fsp3) is 0.345. The average Bonchev–Trinajstić information content (AvgIpc) is 2.85. The van der Waals surface area contributed by atoms with E-state index in [2.05, 4.69) is 57.0 Å². The smallest absolute Gasteiger partial charge is 0.264 e. The van der Waals surface area contributed by atoms with Gasteiger partial charge in [-0.3, -0.25) is 9.10 Å². The lowest BCUT2D eigenvalue weighted by molar-refractivity contribution is -0.132. The summed E-state index contributed by atoms with van der Waals surface area (Å²) in [6.07, 6.45) is 1.94. The molecule has 0 aromatic heterocycles. The summed E-state index contributed by atoms with van der Waals surface area (Å²) in [6, 6.07) is 18.8. The maximum atomic E-state index is 13.7. The highest BCUT2D eigenvalue weighted by Gasteiger charge is 2.28. The highest BCUT2D eigenvalue weighted by Crippen LogP contribution is 2.31. The second kappa shape index (κ2) is 11.7.